The second-order valence-electron chi connectivity index (χ2n) is 7.37. The fourth-order valence-corrected chi connectivity index (χ4v) is 3.98. The number of amides is 1. The highest BCUT2D eigenvalue weighted by Crippen LogP contribution is 2.47. The van der Waals surface area contributed by atoms with Gasteiger partial charge >= 0.3 is 12.4 Å². The van der Waals surface area contributed by atoms with Crippen LogP contribution in [0, 0.1) is 0 Å². The molecule has 2 aromatic rings. The van der Waals surface area contributed by atoms with Crippen LogP contribution in [0.1, 0.15) is 41.8 Å². The third kappa shape index (κ3) is 3.91. The Balaban J connectivity index is 1.52. The van der Waals surface area contributed by atoms with Gasteiger partial charge in [-0.05, 0) is 12.8 Å². The number of aromatic amines is 1. The van der Waals surface area contributed by atoms with Crippen molar-refractivity contribution in [2.75, 3.05) is 23.3 Å². The van der Waals surface area contributed by atoms with Crippen LogP contribution in [0.15, 0.2) is 12.4 Å². The summed E-state index contributed by atoms with van der Waals surface area (Å²) in [6, 6.07) is 0. The molecule has 8 nitrogen and oxygen atoms in total. The number of hydrogen-bond acceptors (Lipinski definition) is 6. The van der Waals surface area contributed by atoms with Crippen LogP contribution in [-0.4, -0.2) is 56.5 Å². The smallest absolute Gasteiger partial charge is 0.382 e. The highest BCUT2D eigenvalue weighted by atomic mass is 19.4. The Morgan fingerprint density at radius 1 is 1.06 bits per heavy atom. The highest BCUT2D eigenvalue weighted by Gasteiger charge is 2.53. The minimum absolute atomic E-state index is 0.111. The Bertz CT molecular complexity index is 965. The quantitative estimate of drug-likeness (QED) is 0.608. The Hall–Kier alpha value is -2.90. The van der Waals surface area contributed by atoms with Crippen LogP contribution in [0.3, 0.4) is 0 Å². The monoisotopic (exact) mass is 450 g/mol. The van der Waals surface area contributed by atoms with Gasteiger partial charge in [-0.3, -0.25) is 9.89 Å². The van der Waals surface area contributed by atoms with Crippen LogP contribution < -0.4 is 10.2 Å². The van der Waals surface area contributed by atoms with Crippen molar-refractivity contribution in [1.29, 1.82) is 0 Å². The first-order valence-electron chi connectivity index (χ1n) is 9.24. The number of carbonyl (C=O) groups excluding carboxylic acids is 1. The zero-order chi connectivity index (χ0) is 22.6. The number of fused-ring (bicyclic) bond motifs is 1. The van der Waals surface area contributed by atoms with Crippen molar-refractivity contribution >= 4 is 17.4 Å². The average Bonchev–Trinajstić information content (AvgIpc) is 3.10. The molecule has 1 saturated heterocycles. The van der Waals surface area contributed by atoms with Gasteiger partial charge in [0, 0.05) is 24.6 Å². The maximum Gasteiger partial charge on any atom is 0.451 e. The number of H-pyrrole nitrogens is 1. The summed E-state index contributed by atoms with van der Waals surface area (Å²) in [5.41, 5.74) is 0.196. The molecule has 4 rings (SSSR count). The second-order valence-corrected chi connectivity index (χ2v) is 7.37. The number of carbonyl (C=O) groups is 1. The van der Waals surface area contributed by atoms with E-state index >= 15 is 0 Å². The number of aliphatic hydroxyl groups is 1. The van der Waals surface area contributed by atoms with Crippen LogP contribution in [0.4, 0.5) is 37.8 Å². The van der Waals surface area contributed by atoms with Crippen LogP contribution in [0.2, 0.25) is 0 Å². The molecule has 0 bridgehead atoms. The molecule has 0 spiro atoms. The molecule has 2 atom stereocenters. The number of rotatable bonds is 2. The van der Waals surface area contributed by atoms with E-state index in [1.807, 2.05) is 0 Å². The molecule has 168 valence electrons. The van der Waals surface area contributed by atoms with Gasteiger partial charge in [-0.15, -0.1) is 0 Å². The summed E-state index contributed by atoms with van der Waals surface area (Å²) in [4.78, 5) is 20.0. The first-order chi connectivity index (χ1) is 14.5. The van der Waals surface area contributed by atoms with Crippen molar-refractivity contribution in [3.05, 3.63) is 29.5 Å². The van der Waals surface area contributed by atoms with E-state index in [1.54, 1.807) is 4.90 Å². The molecule has 2 aromatic heterocycles. The minimum atomic E-state index is -4.86. The standard InChI is InChI=1S/C17H16F6N6O2/c18-16(19,20)10-9-11(27-28-13(9)26-14(31)12(10)30)7-1-3-29(4-2-7)8-5-24-15(25-6-8)17(21,22)23/h5-7,10,12,30H,1-4H2,(H2,26,27,28,31)/t10-,12-/m0/s1. The Kier molecular flexibility index (Phi) is 5.06. The highest BCUT2D eigenvalue weighted by molar-refractivity contribution is 5.97. The third-order valence-corrected chi connectivity index (χ3v) is 5.47. The van der Waals surface area contributed by atoms with Crippen molar-refractivity contribution in [3.8, 4) is 0 Å². The van der Waals surface area contributed by atoms with Gasteiger partial charge in [-0.25, -0.2) is 9.97 Å². The molecular weight excluding hydrogens is 434 g/mol. The van der Waals surface area contributed by atoms with Gasteiger partial charge in [0.25, 0.3) is 5.91 Å². The van der Waals surface area contributed by atoms with E-state index in [1.165, 1.54) is 0 Å². The number of nitrogens with zero attached hydrogens (tertiary/aromatic N) is 4. The maximum atomic E-state index is 13.6. The van der Waals surface area contributed by atoms with Crippen molar-refractivity contribution in [2.24, 2.45) is 0 Å². The lowest BCUT2D eigenvalue weighted by Gasteiger charge is -2.34. The first kappa shape index (κ1) is 21.3. The fourth-order valence-electron chi connectivity index (χ4n) is 3.98. The molecule has 31 heavy (non-hydrogen) atoms. The topological polar surface area (TPSA) is 107 Å². The number of nitrogens with one attached hydrogen (secondary N) is 2. The number of halogens is 6. The van der Waals surface area contributed by atoms with Gasteiger partial charge in [0.05, 0.1) is 23.8 Å². The molecule has 0 radical (unpaired) electrons. The van der Waals surface area contributed by atoms with E-state index in [0.717, 1.165) is 12.4 Å². The van der Waals surface area contributed by atoms with Crippen LogP contribution in [-0.2, 0) is 11.0 Å². The van der Waals surface area contributed by atoms with E-state index < -0.39 is 42.0 Å². The number of hydrogen-bond donors (Lipinski definition) is 3. The van der Waals surface area contributed by atoms with Crippen molar-refractivity contribution in [1.82, 2.24) is 20.2 Å². The van der Waals surface area contributed by atoms with Crippen molar-refractivity contribution < 1.29 is 36.2 Å². The zero-order valence-corrected chi connectivity index (χ0v) is 15.6. The fraction of sp³-hybridized carbons (Fsp3) is 0.529. The predicted octanol–water partition coefficient (Wildman–Crippen LogP) is 2.56. The lowest BCUT2D eigenvalue weighted by atomic mass is 9.83. The summed E-state index contributed by atoms with van der Waals surface area (Å²) < 4.78 is 78.6. The second kappa shape index (κ2) is 7.35. The Labute approximate surface area is 170 Å². The maximum absolute atomic E-state index is 13.6. The number of alkyl halides is 6. The number of aromatic nitrogens is 4. The molecule has 3 N–H and O–H groups in total. The van der Waals surface area contributed by atoms with Crippen LogP contribution in [0.5, 0.6) is 0 Å². The SMILES string of the molecule is O=C1Nc2[nH]nc(C3CCN(c4cnc(C(F)(F)F)nc4)CC3)c2[C@H](C(F)(F)F)[C@@H]1O. The molecule has 1 amide bonds. The predicted molar refractivity (Wildman–Crippen MR) is 93.2 cm³/mol. The molecule has 2 aliphatic rings. The lowest BCUT2D eigenvalue weighted by molar-refractivity contribution is -0.177. The van der Waals surface area contributed by atoms with E-state index in [2.05, 4.69) is 25.5 Å². The molecule has 2 aliphatic heterocycles. The minimum Gasteiger partial charge on any atom is -0.382 e. The lowest BCUT2D eigenvalue weighted by Crippen LogP contribution is -2.44. The first-order valence-corrected chi connectivity index (χ1v) is 9.24. The van der Waals surface area contributed by atoms with Crippen molar-refractivity contribution in [2.45, 2.75) is 43.1 Å². The summed E-state index contributed by atoms with van der Waals surface area (Å²) in [7, 11) is 0. The van der Waals surface area contributed by atoms with Crippen molar-refractivity contribution in [3.63, 3.8) is 0 Å². The third-order valence-electron chi connectivity index (χ3n) is 5.47. The van der Waals surface area contributed by atoms with Gasteiger partial charge < -0.3 is 15.3 Å². The number of anilines is 2. The van der Waals surface area contributed by atoms with E-state index in [0.29, 0.717) is 31.6 Å². The zero-order valence-electron chi connectivity index (χ0n) is 15.6. The van der Waals surface area contributed by atoms with Crippen LogP contribution in [0.25, 0.3) is 0 Å². The molecule has 0 aliphatic carbocycles. The van der Waals surface area contributed by atoms with E-state index in [9.17, 15) is 36.2 Å². The Morgan fingerprint density at radius 3 is 2.23 bits per heavy atom. The summed E-state index contributed by atoms with van der Waals surface area (Å²) in [5.74, 6) is -5.41. The van der Waals surface area contributed by atoms with E-state index in [4.69, 9.17) is 0 Å². The average molecular weight is 450 g/mol. The largest absolute Gasteiger partial charge is 0.451 e. The van der Waals surface area contributed by atoms with Gasteiger partial charge in [0.15, 0.2) is 0 Å². The molecule has 1 fully saturated rings. The summed E-state index contributed by atoms with van der Waals surface area (Å²) in [6.07, 6.45) is -8.98. The normalized spacial score (nSPS) is 22.9. The number of piperidine rings is 1. The van der Waals surface area contributed by atoms with Gasteiger partial charge in [-0.1, -0.05) is 0 Å². The molecule has 0 aromatic carbocycles. The van der Waals surface area contributed by atoms with Gasteiger partial charge in [-0.2, -0.15) is 31.4 Å². The summed E-state index contributed by atoms with van der Waals surface area (Å²) >= 11 is 0. The molecule has 14 heteroatoms. The molecule has 0 saturated carbocycles. The number of aliphatic hydroxyl groups excluding tert-OH is 1. The van der Waals surface area contributed by atoms with Gasteiger partial charge in [0.2, 0.25) is 5.82 Å². The van der Waals surface area contributed by atoms with Crippen LogP contribution >= 0.6 is 0 Å². The van der Waals surface area contributed by atoms with E-state index in [-0.39, 0.29) is 17.1 Å². The molecule has 4 heterocycles. The Morgan fingerprint density at radius 2 is 1.68 bits per heavy atom. The van der Waals surface area contributed by atoms with Gasteiger partial charge in [0.1, 0.15) is 17.8 Å². The molecule has 0 unspecified atom stereocenters. The summed E-state index contributed by atoms with van der Waals surface area (Å²) in [5, 5.41) is 18.4. The molecular formula is C17H16F6N6O2. The summed E-state index contributed by atoms with van der Waals surface area (Å²) in [6.45, 7) is 0.652.